The summed E-state index contributed by atoms with van der Waals surface area (Å²) >= 11 is 0. The lowest BCUT2D eigenvalue weighted by Crippen LogP contribution is -2.43. The van der Waals surface area contributed by atoms with Crippen LogP contribution in [0.4, 0.5) is 28.9 Å². The summed E-state index contributed by atoms with van der Waals surface area (Å²) in [4.78, 5) is 44.1. The Balaban J connectivity index is 0.962. The molecule has 4 aromatic rings. The van der Waals surface area contributed by atoms with E-state index < -0.39 is 28.8 Å². The quantitative estimate of drug-likeness (QED) is 0.155. The molecule has 1 atom stereocenters. The molecular weight excluding hydrogens is 664 g/mol. The van der Waals surface area contributed by atoms with Crippen molar-refractivity contribution in [1.82, 2.24) is 24.8 Å². The second-order valence-corrected chi connectivity index (χ2v) is 13.1. The van der Waals surface area contributed by atoms with E-state index >= 15 is 0 Å². The van der Waals surface area contributed by atoms with E-state index in [1.807, 2.05) is 34.1 Å². The molecule has 0 aliphatic carbocycles. The van der Waals surface area contributed by atoms with Crippen molar-refractivity contribution in [2.24, 2.45) is 5.41 Å². The van der Waals surface area contributed by atoms with Crippen LogP contribution in [0.15, 0.2) is 79.3 Å². The first-order valence-corrected chi connectivity index (χ1v) is 16.5. The molecule has 51 heavy (non-hydrogen) atoms. The fourth-order valence-corrected chi connectivity index (χ4v) is 7.09. The first-order chi connectivity index (χ1) is 24.4. The minimum absolute atomic E-state index is 0.00700. The molecule has 2 N–H and O–H groups in total. The average molecular weight is 698 g/mol. The number of anilines is 2. The van der Waals surface area contributed by atoms with Gasteiger partial charge in [-0.3, -0.25) is 19.5 Å². The van der Waals surface area contributed by atoms with Crippen LogP contribution >= 0.6 is 0 Å². The van der Waals surface area contributed by atoms with Gasteiger partial charge in [0.25, 0.3) is 0 Å². The first-order valence-electron chi connectivity index (χ1n) is 16.5. The number of pyridine rings is 1. The van der Waals surface area contributed by atoms with Crippen molar-refractivity contribution >= 4 is 34.5 Å². The Morgan fingerprint density at radius 1 is 0.941 bits per heavy atom. The molecule has 2 amide bonds. The van der Waals surface area contributed by atoms with Gasteiger partial charge in [-0.1, -0.05) is 30.3 Å². The number of nitrogens with zero attached hydrogens (tertiary/aromatic N) is 7. The number of amides is 2. The van der Waals surface area contributed by atoms with E-state index in [1.165, 1.54) is 18.2 Å². The molecule has 7 rings (SSSR count). The highest BCUT2D eigenvalue weighted by atomic mass is 19.4. The van der Waals surface area contributed by atoms with Gasteiger partial charge in [-0.05, 0) is 78.4 Å². The van der Waals surface area contributed by atoms with Crippen molar-refractivity contribution < 1.29 is 27.2 Å². The zero-order chi connectivity index (χ0) is 35.9. The Bertz CT molecular complexity index is 2030. The molecule has 2 aromatic carbocycles. The lowest BCUT2D eigenvalue weighted by Gasteiger charge is -2.29. The van der Waals surface area contributed by atoms with Crippen LogP contribution in [-0.4, -0.2) is 81.5 Å². The highest BCUT2D eigenvalue weighted by Crippen LogP contribution is 2.43. The first kappa shape index (κ1) is 34.0. The number of rotatable bonds is 7. The molecule has 2 aromatic heterocycles. The second kappa shape index (κ2) is 13.3. The predicted molar refractivity (Wildman–Crippen MR) is 184 cm³/mol. The molecular formula is C37H33F4N8O2-. The summed E-state index contributed by atoms with van der Waals surface area (Å²) < 4.78 is 52.9. The Morgan fingerprint density at radius 3 is 2.37 bits per heavy atom. The molecule has 262 valence electrons. The topological polar surface area (TPSA) is 131 Å². The zero-order valence-corrected chi connectivity index (χ0v) is 27.4. The summed E-state index contributed by atoms with van der Waals surface area (Å²) in [5.74, 6) is -0.157. The van der Waals surface area contributed by atoms with E-state index in [2.05, 4.69) is 21.0 Å². The summed E-state index contributed by atoms with van der Waals surface area (Å²) in [6.45, 7) is 2.68. The average Bonchev–Trinajstić information content (AvgIpc) is 3.70. The lowest BCUT2D eigenvalue weighted by atomic mass is 9.85. The number of hydrogen-bond donors (Lipinski definition) is 1. The van der Waals surface area contributed by atoms with Crippen LogP contribution in [0, 0.1) is 11.2 Å². The largest absolute Gasteiger partial charge is 0.803 e. The van der Waals surface area contributed by atoms with E-state index in [0.717, 1.165) is 41.4 Å². The van der Waals surface area contributed by atoms with Crippen molar-refractivity contribution in [3.63, 3.8) is 0 Å². The van der Waals surface area contributed by atoms with E-state index in [0.29, 0.717) is 63.5 Å². The maximum atomic E-state index is 13.9. The fourth-order valence-electron chi connectivity index (χ4n) is 7.09. The Kier molecular flexibility index (Phi) is 8.87. The summed E-state index contributed by atoms with van der Waals surface area (Å²) in [5, 5.41) is 10.9. The van der Waals surface area contributed by atoms with Gasteiger partial charge in [0.1, 0.15) is 5.69 Å². The number of benzene rings is 2. The molecule has 2 fully saturated rings. The van der Waals surface area contributed by atoms with Gasteiger partial charge in [0.05, 0.1) is 24.4 Å². The van der Waals surface area contributed by atoms with Crippen LogP contribution in [0.2, 0.25) is 0 Å². The van der Waals surface area contributed by atoms with Gasteiger partial charge in [-0.25, -0.2) is 14.4 Å². The number of likely N-dealkylation sites (tertiary alicyclic amines) is 1. The maximum absolute atomic E-state index is 13.9. The van der Waals surface area contributed by atoms with Crippen molar-refractivity contribution in [1.29, 1.82) is 0 Å². The number of halogens is 4. The third kappa shape index (κ3) is 6.83. The molecule has 0 unspecified atom stereocenters. The highest BCUT2D eigenvalue weighted by molar-refractivity contribution is 6.18. The predicted octanol–water partition coefficient (Wildman–Crippen LogP) is 5.43. The normalized spacial score (nSPS) is 19.5. The van der Waals surface area contributed by atoms with Crippen LogP contribution in [-0.2, 0) is 15.8 Å². The van der Waals surface area contributed by atoms with Gasteiger partial charge in [0, 0.05) is 49.3 Å². The third-order valence-corrected chi connectivity index (χ3v) is 9.93. The minimum atomic E-state index is -4.69. The molecule has 2 saturated heterocycles. The minimum Gasteiger partial charge on any atom is -0.803 e. The third-order valence-electron chi connectivity index (χ3n) is 9.93. The zero-order valence-electron chi connectivity index (χ0n) is 27.4. The van der Waals surface area contributed by atoms with Gasteiger partial charge < -0.3 is 20.9 Å². The molecule has 14 heteroatoms. The Hall–Kier alpha value is -5.50. The number of carbonyl (C=O) groups excluding carboxylic acids is 2. The SMILES string of the molecule is [N-]=C(c1ccnc(C(F)(F)F)c1)c1cc(N2CC[C@]3(CCN(CC(=O)N4CC=C(c5ccc(-c6ncc(F)cn6)cc5)CC4)C3)C2=O)ccc1N. The standard InChI is InChI=1S/C37H33F4N8O2/c38-27-19-45-34(46-20-27)25-3-1-23(2-4-25)24-8-13-48(14-9-24)32(50)21-47-15-10-36(22-47)11-16-49(35(36)51)28-5-6-30(42)29(18-28)33(43)26-7-12-44-31(17-26)37(39,40)41/h1-8,12,17-20H,9-11,13-16,21-22,42H2/q-1/t36-/m0/s1. The van der Waals surface area contributed by atoms with E-state index in [-0.39, 0.29) is 35.2 Å². The molecule has 3 aliphatic heterocycles. The van der Waals surface area contributed by atoms with Gasteiger partial charge in [-0.2, -0.15) is 13.2 Å². The Labute approximate surface area is 291 Å². The molecule has 0 radical (unpaired) electrons. The lowest BCUT2D eigenvalue weighted by molar-refractivity contribution is -0.141. The van der Waals surface area contributed by atoms with E-state index in [4.69, 9.17) is 5.73 Å². The summed E-state index contributed by atoms with van der Waals surface area (Å²) in [6, 6.07) is 14.4. The summed E-state index contributed by atoms with van der Waals surface area (Å²) in [5.41, 5.74) is 7.41. The maximum Gasteiger partial charge on any atom is 0.433 e. The fraction of sp³-hybridized carbons (Fsp3) is 0.297. The summed E-state index contributed by atoms with van der Waals surface area (Å²) in [7, 11) is 0. The smallest absolute Gasteiger partial charge is 0.433 e. The monoisotopic (exact) mass is 697 g/mol. The van der Waals surface area contributed by atoms with Crippen molar-refractivity contribution in [2.75, 3.05) is 49.9 Å². The van der Waals surface area contributed by atoms with Crippen molar-refractivity contribution in [3.8, 4) is 11.4 Å². The van der Waals surface area contributed by atoms with Crippen molar-refractivity contribution in [2.45, 2.75) is 25.4 Å². The molecule has 10 nitrogen and oxygen atoms in total. The summed E-state index contributed by atoms with van der Waals surface area (Å²) in [6.07, 6.45) is 2.45. The van der Waals surface area contributed by atoms with Crippen LogP contribution in [0.1, 0.15) is 41.6 Å². The van der Waals surface area contributed by atoms with Crippen LogP contribution in [0.25, 0.3) is 22.4 Å². The molecule has 5 heterocycles. The van der Waals surface area contributed by atoms with Gasteiger partial charge in [0.15, 0.2) is 11.6 Å². The number of aromatic nitrogens is 3. The number of nitrogen functional groups attached to an aromatic ring is 1. The number of hydrogen-bond acceptors (Lipinski definition) is 7. The van der Waals surface area contributed by atoms with Crippen molar-refractivity contribution in [3.05, 3.63) is 113 Å². The van der Waals surface area contributed by atoms with Gasteiger partial charge >= 0.3 is 6.18 Å². The molecule has 0 bridgehead atoms. The Morgan fingerprint density at radius 2 is 1.67 bits per heavy atom. The number of alkyl halides is 3. The van der Waals surface area contributed by atoms with Gasteiger partial charge in [0.2, 0.25) is 11.8 Å². The van der Waals surface area contributed by atoms with E-state index in [1.54, 1.807) is 11.0 Å². The van der Waals surface area contributed by atoms with Gasteiger partial charge in [-0.15, -0.1) is 5.71 Å². The molecule has 0 saturated carbocycles. The number of carbonyl (C=O) groups is 2. The van der Waals surface area contributed by atoms with Crippen LogP contribution < -0.4 is 10.6 Å². The molecule has 3 aliphatic rings. The number of nitrogens with two attached hydrogens (primary N) is 1. The second-order valence-electron chi connectivity index (χ2n) is 13.1. The highest BCUT2D eigenvalue weighted by Gasteiger charge is 2.51. The molecule has 1 spiro atoms. The van der Waals surface area contributed by atoms with Crippen LogP contribution in [0.5, 0.6) is 0 Å². The van der Waals surface area contributed by atoms with E-state index in [9.17, 15) is 32.6 Å². The van der Waals surface area contributed by atoms with Crippen LogP contribution in [0.3, 0.4) is 0 Å².